The van der Waals surface area contributed by atoms with Crippen LogP contribution in [-0.2, 0) is 6.42 Å². The number of unbranched alkanes of at least 4 members (excludes halogenated alkanes) is 2. The van der Waals surface area contributed by atoms with E-state index >= 15 is 0 Å². The Morgan fingerprint density at radius 2 is 1.89 bits per heavy atom. The molecule has 3 heteroatoms. The Labute approximate surface area is 116 Å². The zero-order valence-corrected chi connectivity index (χ0v) is 12.2. The van der Waals surface area contributed by atoms with E-state index < -0.39 is 0 Å². The maximum Gasteiger partial charge on any atom is 0.127 e. The molecule has 1 heterocycles. The van der Waals surface area contributed by atoms with Gasteiger partial charge in [-0.15, -0.1) is 0 Å². The molecular weight excluding hydrogens is 234 g/mol. The van der Waals surface area contributed by atoms with Gasteiger partial charge in [-0.2, -0.15) is 0 Å². The number of anilines is 1. The normalized spacial score (nSPS) is 20.3. The van der Waals surface area contributed by atoms with E-state index in [1.165, 1.54) is 69.3 Å². The average Bonchev–Trinajstić information content (AvgIpc) is 2.99. The smallest absolute Gasteiger partial charge is 0.127 e. The van der Waals surface area contributed by atoms with Crippen LogP contribution >= 0.6 is 0 Å². The zero-order valence-electron chi connectivity index (χ0n) is 12.2. The Kier molecular flexibility index (Phi) is 3.81. The number of hydrogen-bond acceptors (Lipinski definition) is 2. The first kappa shape index (κ1) is 13.0. The molecule has 0 aliphatic heterocycles. The molecule has 0 aromatic carbocycles. The second-order valence-corrected chi connectivity index (χ2v) is 6.34. The molecule has 0 atom stereocenters. The molecule has 0 bridgehead atoms. The summed E-state index contributed by atoms with van der Waals surface area (Å²) in [6, 6.07) is 0.669. The molecule has 2 aliphatic carbocycles. The second-order valence-electron chi connectivity index (χ2n) is 6.34. The number of imidazole rings is 1. The van der Waals surface area contributed by atoms with Crippen molar-refractivity contribution in [3.63, 3.8) is 0 Å². The lowest BCUT2D eigenvalue weighted by atomic mass is 10.1. The van der Waals surface area contributed by atoms with Crippen LogP contribution in [0.15, 0.2) is 0 Å². The molecule has 3 rings (SSSR count). The van der Waals surface area contributed by atoms with Crippen LogP contribution in [0.2, 0.25) is 0 Å². The van der Waals surface area contributed by atoms with Crippen LogP contribution in [0, 0.1) is 0 Å². The van der Waals surface area contributed by atoms with Crippen LogP contribution in [0.5, 0.6) is 0 Å². The van der Waals surface area contributed by atoms with Crippen molar-refractivity contribution in [2.75, 3.05) is 5.73 Å². The standard InChI is InChI=1S/C16H27N3/c1-2-3-4-9-14-15(17)19(13-10-11-13)16(18-14)12-7-5-6-8-12/h12-13H,2-11,17H2,1H3. The minimum atomic E-state index is 0.669. The molecule has 0 saturated heterocycles. The van der Waals surface area contributed by atoms with Gasteiger partial charge in [-0.05, 0) is 38.5 Å². The van der Waals surface area contributed by atoms with Crippen molar-refractivity contribution in [1.29, 1.82) is 0 Å². The average molecular weight is 261 g/mol. The van der Waals surface area contributed by atoms with E-state index in [0.29, 0.717) is 12.0 Å². The topological polar surface area (TPSA) is 43.8 Å². The quantitative estimate of drug-likeness (QED) is 0.780. The van der Waals surface area contributed by atoms with Crippen LogP contribution in [0.3, 0.4) is 0 Å². The van der Waals surface area contributed by atoms with Crippen LogP contribution in [0.25, 0.3) is 0 Å². The predicted molar refractivity (Wildman–Crippen MR) is 79.3 cm³/mol. The molecule has 1 aromatic heterocycles. The highest BCUT2D eigenvalue weighted by molar-refractivity contribution is 5.40. The Bertz CT molecular complexity index is 425. The summed E-state index contributed by atoms with van der Waals surface area (Å²) in [6.45, 7) is 2.25. The number of aryl methyl sites for hydroxylation is 1. The van der Waals surface area contributed by atoms with E-state index in [2.05, 4.69) is 11.5 Å². The minimum absolute atomic E-state index is 0.669. The summed E-state index contributed by atoms with van der Waals surface area (Å²) in [6.07, 6.45) is 12.8. The van der Waals surface area contributed by atoms with Gasteiger partial charge in [0.05, 0.1) is 5.69 Å². The predicted octanol–water partition coefficient (Wildman–Crippen LogP) is 4.19. The molecule has 2 fully saturated rings. The summed E-state index contributed by atoms with van der Waals surface area (Å²) in [5.74, 6) is 2.99. The van der Waals surface area contributed by atoms with E-state index in [4.69, 9.17) is 10.7 Å². The molecule has 2 aliphatic rings. The Hall–Kier alpha value is -0.990. The molecule has 19 heavy (non-hydrogen) atoms. The summed E-state index contributed by atoms with van der Waals surface area (Å²) >= 11 is 0. The third kappa shape index (κ3) is 2.65. The first-order valence-electron chi connectivity index (χ1n) is 8.17. The Balaban J connectivity index is 1.82. The molecule has 1 aromatic rings. The number of nitrogen functional groups attached to an aromatic ring is 1. The number of nitrogens with zero attached hydrogens (tertiary/aromatic N) is 2. The Morgan fingerprint density at radius 3 is 2.53 bits per heavy atom. The lowest BCUT2D eigenvalue weighted by molar-refractivity contribution is 0.595. The van der Waals surface area contributed by atoms with E-state index in [9.17, 15) is 0 Å². The van der Waals surface area contributed by atoms with Crippen molar-refractivity contribution in [2.24, 2.45) is 0 Å². The van der Waals surface area contributed by atoms with Gasteiger partial charge in [0, 0.05) is 12.0 Å². The summed E-state index contributed by atoms with van der Waals surface area (Å²) in [7, 11) is 0. The first-order valence-corrected chi connectivity index (χ1v) is 8.17. The van der Waals surface area contributed by atoms with Crippen molar-refractivity contribution in [1.82, 2.24) is 9.55 Å². The second kappa shape index (κ2) is 5.56. The third-order valence-electron chi connectivity index (χ3n) is 4.70. The van der Waals surface area contributed by atoms with E-state index in [-0.39, 0.29) is 0 Å². The van der Waals surface area contributed by atoms with Gasteiger partial charge < -0.3 is 10.3 Å². The lowest BCUT2D eigenvalue weighted by Gasteiger charge is -2.12. The number of hydrogen-bond donors (Lipinski definition) is 1. The molecule has 0 radical (unpaired) electrons. The Morgan fingerprint density at radius 1 is 1.16 bits per heavy atom. The van der Waals surface area contributed by atoms with E-state index in [1.807, 2.05) is 0 Å². The van der Waals surface area contributed by atoms with Crippen LogP contribution < -0.4 is 5.73 Å². The summed E-state index contributed by atoms with van der Waals surface area (Å²) in [4.78, 5) is 4.96. The van der Waals surface area contributed by atoms with Crippen LogP contribution in [-0.4, -0.2) is 9.55 Å². The largest absolute Gasteiger partial charge is 0.384 e. The van der Waals surface area contributed by atoms with Crippen LogP contribution in [0.4, 0.5) is 5.82 Å². The van der Waals surface area contributed by atoms with Crippen LogP contribution in [0.1, 0.15) is 88.2 Å². The van der Waals surface area contributed by atoms with E-state index in [0.717, 1.165) is 12.2 Å². The highest BCUT2D eigenvalue weighted by atomic mass is 15.2. The van der Waals surface area contributed by atoms with Gasteiger partial charge in [0.15, 0.2) is 0 Å². The van der Waals surface area contributed by atoms with E-state index in [1.54, 1.807) is 0 Å². The number of aromatic nitrogens is 2. The van der Waals surface area contributed by atoms with Crippen molar-refractivity contribution < 1.29 is 0 Å². The molecule has 106 valence electrons. The monoisotopic (exact) mass is 261 g/mol. The fourth-order valence-corrected chi connectivity index (χ4v) is 3.43. The van der Waals surface area contributed by atoms with Crippen molar-refractivity contribution in [3.8, 4) is 0 Å². The van der Waals surface area contributed by atoms with Gasteiger partial charge in [-0.1, -0.05) is 32.6 Å². The van der Waals surface area contributed by atoms with Gasteiger partial charge in [-0.3, -0.25) is 0 Å². The molecule has 0 amide bonds. The molecule has 0 unspecified atom stereocenters. The maximum atomic E-state index is 6.40. The summed E-state index contributed by atoms with van der Waals surface area (Å²) in [5.41, 5.74) is 7.58. The van der Waals surface area contributed by atoms with Gasteiger partial charge in [0.25, 0.3) is 0 Å². The van der Waals surface area contributed by atoms with Crippen molar-refractivity contribution >= 4 is 5.82 Å². The molecule has 3 nitrogen and oxygen atoms in total. The minimum Gasteiger partial charge on any atom is -0.384 e. The maximum absolute atomic E-state index is 6.40. The van der Waals surface area contributed by atoms with Gasteiger partial charge in [-0.25, -0.2) is 4.98 Å². The lowest BCUT2D eigenvalue weighted by Crippen LogP contribution is -2.08. The molecule has 0 spiro atoms. The van der Waals surface area contributed by atoms with Gasteiger partial charge in [0.1, 0.15) is 11.6 Å². The number of rotatable bonds is 6. The van der Waals surface area contributed by atoms with Crippen molar-refractivity contribution in [2.45, 2.75) is 83.1 Å². The highest BCUT2D eigenvalue weighted by Gasteiger charge is 2.33. The third-order valence-corrected chi connectivity index (χ3v) is 4.70. The SMILES string of the molecule is CCCCCc1nc(C2CCCC2)n(C2CC2)c1N. The first-order chi connectivity index (χ1) is 9.31. The molecular formula is C16H27N3. The number of nitrogens with two attached hydrogens (primary N) is 1. The molecule has 2 saturated carbocycles. The fraction of sp³-hybridized carbons (Fsp3) is 0.812. The zero-order chi connectivity index (χ0) is 13.2. The van der Waals surface area contributed by atoms with Crippen molar-refractivity contribution in [3.05, 3.63) is 11.5 Å². The van der Waals surface area contributed by atoms with Gasteiger partial charge in [0.2, 0.25) is 0 Å². The van der Waals surface area contributed by atoms with Gasteiger partial charge >= 0.3 is 0 Å². The highest BCUT2D eigenvalue weighted by Crippen LogP contribution is 2.43. The summed E-state index contributed by atoms with van der Waals surface area (Å²) < 4.78 is 2.40. The fourth-order valence-electron chi connectivity index (χ4n) is 3.43. The summed E-state index contributed by atoms with van der Waals surface area (Å²) in [5, 5.41) is 0. The molecule has 2 N–H and O–H groups in total.